The fourth-order valence-electron chi connectivity index (χ4n) is 4.25. The number of carbonyl (C=O) groups is 1. The van der Waals surface area contributed by atoms with Crippen LogP contribution in [0.4, 0.5) is 0 Å². The summed E-state index contributed by atoms with van der Waals surface area (Å²) in [7, 11) is 0. The number of fused-ring (bicyclic) bond motifs is 2. The molecule has 31 heavy (non-hydrogen) atoms. The van der Waals surface area contributed by atoms with E-state index in [0.29, 0.717) is 12.1 Å². The third kappa shape index (κ3) is 3.79. The van der Waals surface area contributed by atoms with Gasteiger partial charge in [0.05, 0.1) is 6.61 Å². The van der Waals surface area contributed by atoms with Crippen molar-refractivity contribution in [2.75, 3.05) is 6.61 Å². The van der Waals surface area contributed by atoms with E-state index in [4.69, 9.17) is 4.74 Å². The van der Waals surface area contributed by atoms with Crippen LogP contribution in [0.2, 0.25) is 0 Å². The highest BCUT2D eigenvalue weighted by atomic mass is 79.9. The van der Waals surface area contributed by atoms with Gasteiger partial charge in [-0.1, -0.05) is 40.2 Å². The Morgan fingerprint density at radius 3 is 2.74 bits per heavy atom. The number of aromatic nitrogens is 2. The molecule has 4 aromatic rings. The standard InChI is InChI=1S/C26H24BrN2O2/c1-17-11-23-24(12-18(17)2)29(15-25(30)21-5-3-4-6-22(21)27)16-28(23)14-19-7-8-26-20(13-19)9-10-31-26/h3-8,11-13,16H,9-10,14-15H2,1-2H3/q+1. The van der Waals surface area contributed by atoms with E-state index in [2.05, 4.69) is 75.6 Å². The largest absolute Gasteiger partial charge is 0.493 e. The smallest absolute Gasteiger partial charge is 0.245 e. The fraction of sp³-hybridized carbons (Fsp3) is 0.231. The Morgan fingerprint density at radius 1 is 1.10 bits per heavy atom. The van der Waals surface area contributed by atoms with Gasteiger partial charge in [0.1, 0.15) is 12.3 Å². The van der Waals surface area contributed by atoms with Crippen LogP contribution in [0.1, 0.15) is 32.6 Å². The molecule has 156 valence electrons. The van der Waals surface area contributed by atoms with Crippen LogP contribution in [0.15, 0.2) is 65.4 Å². The molecule has 0 saturated heterocycles. The molecule has 3 aromatic carbocycles. The van der Waals surface area contributed by atoms with Gasteiger partial charge in [0, 0.05) is 16.5 Å². The van der Waals surface area contributed by atoms with Gasteiger partial charge in [0.25, 0.3) is 0 Å². The van der Waals surface area contributed by atoms with Gasteiger partial charge in [-0.05, 0) is 66.4 Å². The number of ketones is 1. The van der Waals surface area contributed by atoms with Gasteiger partial charge < -0.3 is 4.74 Å². The minimum Gasteiger partial charge on any atom is -0.493 e. The van der Waals surface area contributed by atoms with Crippen LogP contribution < -0.4 is 9.30 Å². The summed E-state index contributed by atoms with van der Waals surface area (Å²) in [5.41, 5.74) is 7.91. The van der Waals surface area contributed by atoms with E-state index in [9.17, 15) is 4.79 Å². The minimum atomic E-state index is 0.0874. The predicted octanol–water partition coefficient (Wildman–Crippen LogP) is 5.17. The predicted molar refractivity (Wildman–Crippen MR) is 125 cm³/mol. The number of benzene rings is 3. The maximum atomic E-state index is 13.1. The highest BCUT2D eigenvalue weighted by molar-refractivity contribution is 9.10. The molecule has 4 nitrogen and oxygen atoms in total. The van der Waals surface area contributed by atoms with Gasteiger partial charge in [-0.25, -0.2) is 9.13 Å². The highest BCUT2D eigenvalue weighted by Crippen LogP contribution is 2.26. The molecule has 1 aliphatic heterocycles. The lowest BCUT2D eigenvalue weighted by Gasteiger charge is -2.03. The Morgan fingerprint density at radius 2 is 1.90 bits per heavy atom. The van der Waals surface area contributed by atoms with E-state index < -0.39 is 0 Å². The maximum Gasteiger partial charge on any atom is 0.245 e. The number of ether oxygens (including phenoxy) is 1. The topological polar surface area (TPSA) is 35.1 Å². The first-order valence-electron chi connectivity index (χ1n) is 10.5. The fourth-order valence-corrected chi connectivity index (χ4v) is 4.76. The van der Waals surface area contributed by atoms with Crippen molar-refractivity contribution in [1.82, 2.24) is 4.57 Å². The van der Waals surface area contributed by atoms with E-state index in [1.165, 1.54) is 22.3 Å². The number of imidazole rings is 1. The number of rotatable bonds is 5. The first-order chi connectivity index (χ1) is 15.0. The third-order valence-corrected chi connectivity index (χ3v) is 6.78. The van der Waals surface area contributed by atoms with Crippen molar-refractivity contribution in [1.29, 1.82) is 0 Å². The summed E-state index contributed by atoms with van der Waals surface area (Å²) >= 11 is 3.51. The second-order valence-corrected chi connectivity index (χ2v) is 9.09. The number of hydrogen-bond donors (Lipinski definition) is 0. The molecule has 0 spiro atoms. The molecule has 0 N–H and O–H groups in total. The molecular formula is C26H24BrN2O2+. The van der Waals surface area contributed by atoms with Gasteiger partial charge >= 0.3 is 0 Å². The number of carbonyl (C=O) groups excluding carboxylic acids is 1. The van der Waals surface area contributed by atoms with E-state index in [0.717, 1.165) is 40.8 Å². The normalized spacial score (nSPS) is 12.7. The number of nitrogens with zero attached hydrogens (tertiary/aromatic N) is 2. The molecule has 0 fully saturated rings. The average molecular weight is 476 g/mol. The third-order valence-electron chi connectivity index (χ3n) is 6.08. The summed E-state index contributed by atoms with van der Waals surface area (Å²) in [5.74, 6) is 1.09. The number of aryl methyl sites for hydroxylation is 2. The molecule has 0 atom stereocenters. The summed E-state index contributed by atoms with van der Waals surface area (Å²) in [4.78, 5) is 13.1. The number of Topliss-reactive ketones (excluding diaryl/α,β-unsaturated/α-hetero) is 1. The van der Waals surface area contributed by atoms with Crippen molar-refractivity contribution in [3.8, 4) is 5.75 Å². The van der Waals surface area contributed by atoms with Crippen molar-refractivity contribution in [2.45, 2.75) is 33.4 Å². The van der Waals surface area contributed by atoms with Crippen LogP contribution >= 0.6 is 15.9 Å². The monoisotopic (exact) mass is 475 g/mol. The molecule has 2 heterocycles. The Balaban J connectivity index is 1.54. The van der Waals surface area contributed by atoms with E-state index in [1.54, 1.807) is 0 Å². The first kappa shape index (κ1) is 20.0. The molecular weight excluding hydrogens is 452 g/mol. The Hall–Kier alpha value is -2.92. The zero-order valence-corrected chi connectivity index (χ0v) is 19.3. The lowest BCUT2D eigenvalue weighted by atomic mass is 10.1. The Labute approximate surface area is 190 Å². The molecule has 5 rings (SSSR count). The Bertz CT molecular complexity index is 1320. The van der Waals surface area contributed by atoms with Gasteiger partial charge in [-0.3, -0.25) is 4.79 Å². The van der Waals surface area contributed by atoms with E-state index in [-0.39, 0.29) is 5.78 Å². The lowest BCUT2D eigenvalue weighted by molar-refractivity contribution is -0.663. The molecule has 0 aliphatic carbocycles. The van der Waals surface area contributed by atoms with Crippen LogP contribution in [-0.4, -0.2) is 17.0 Å². The highest BCUT2D eigenvalue weighted by Gasteiger charge is 2.22. The quantitative estimate of drug-likeness (QED) is 0.294. The van der Waals surface area contributed by atoms with Gasteiger partial charge in [-0.15, -0.1) is 0 Å². The van der Waals surface area contributed by atoms with Crippen molar-refractivity contribution in [2.24, 2.45) is 0 Å². The molecule has 0 bridgehead atoms. The number of hydrogen-bond acceptors (Lipinski definition) is 2. The zero-order valence-electron chi connectivity index (χ0n) is 17.7. The minimum absolute atomic E-state index is 0.0874. The van der Waals surface area contributed by atoms with Gasteiger partial charge in [0.15, 0.2) is 17.6 Å². The Kier molecular flexibility index (Phi) is 5.14. The zero-order chi connectivity index (χ0) is 21.5. The lowest BCUT2D eigenvalue weighted by Crippen LogP contribution is -2.33. The summed E-state index contributed by atoms with van der Waals surface area (Å²) < 4.78 is 10.8. The van der Waals surface area contributed by atoms with Crippen LogP contribution in [0, 0.1) is 13.8 Å². The van der Waals surface area contributed by atoms with Crippen molar-refractivity contribution < 1.29 is 14.1 Å². The van der Waals surface area contributed by atoms with Crippen LogP contribution in [0.3, 0.4) is 0 Å². The van der Waals surface area contributed by atoms with Gasteiger partial charge in [0.2, 0.25) is 12.1 Å². The number of halogens is 1. The molecule has 0 radical (unpaired) electrons. The second kappa shape index (κ2) is 7.97. The molecule has 0 amide bonds. The molecule has 0 unspecified atom stereocenters. The van der Waals surface area contributed by atoms with E-state index in [1.807, 2.05) is 24.3 Å². The molecule has 0 saturated carbocycles. The summed E-state index contributed by atoms with van der Waals surface area (Å²) in [5, 5.41) is 0. The second-order valence-electron chi connectivity index (χ2n) is 8.24. The summed E-state index contributed by atoms with van der Waals surface area (Å²) in [6.45, 7) is 6.07. The first-order valence-corrected chi connectivity index (χ1v) is 11.3. The molecule has 1 aromatic heterocycles. The van der Waals surface area contributed by atoms with Crippen LogP contribution in [0.25, 0.3) is 11.0 Å². The van der Waals surface area contributed by atoms with Crippen molar-refractivity contribution in [3.05, 3.63) is 93.2 Å². The SMILES string of the molecule is Cc1cc2c(cc1C)[n+](Cc1ccc3c(c1)CCO3)cn2CC(=O)c1ccccc1Br. The maximum absolute atomic E-state index is 13.1. The molecule has 5 heteroatoms. The van der Waals surface area contributed by atoms with Crippen molar-refractivity contribution >= 4 is 32.7 Å². The van der Waals surface area contributed by atoms with E-state index >= 15 is 0 Å². The summed E-state index contributed by atoms with van der Waals surface area (Å²) in [6.07, 6.45) is 3.04. The average Bonchev–Trinajstić information content (AvgIpc) is 3.34. The van der Waals surface area contributed by atoms with Crippen molar-refractivity contribution in [3.63, 3.8) is 0 Å². The van der Waals surface area contributed by atoms with Crippen LogP contribution in [0.5, 0.6) is 5.75 Å². The van der Waals surface area contributed by atoms with Gasteiger partial charge in [-0.2, -0.15) is 0 Å². The molecule has 1 aliphatic rings. The van der Waals surface area contributed by atoms with Crippen LogP contribution in [-0.2, 0) is 19.5 Å². The summed E-state index contributed by atoms with van der Waals surface area (Å²) in [6, 6.07) is 18.5.